The molecule has 1 heteroatoms. The summed E-state index contributed by atoms with van der Waals surface area (Å²) in [5.41, 5.74) is 0. The molecule has 1 N–H and O–H groups in total. The molecule has 2 bridgehead atoms. The molecule has 3 aliphatic rings. The van der Waals surface area contributed by atoms with Gasteiger partial charge in [-0.3, -0.25) is 0 Å². The minimum Gasteiger partial charge on any atom is -0.314 e. The maximum absolute atomic E-state index is 3.60. The van der Waals surface area contributed by atoms with Gasteiger partial charge in [-0.05, 0) is 31.7 Å². The fourth-order valence-electron chi connectivity index (χ4n) is 2.38. The first-order chi connectivity index (χ1) is 5.45. The van der Waals surface area contributed by atoms with Gasteiger partial charge in [-0.2, -0.15) is 0 Å². The quantitative estimate of drug-likeness (QED) is 0.560. The number of fused-ring (bicyclic) bond motifs is 6. The van der Waals surface area contributed by atoms with Crippen LogP contribution in [0.4, 0.5) is 0 Å². The van der Waals surface area contributed by atoms with E-state index in [4.69, 9.17) is 0 Å². The monoisotopic (exact) mass is 152 g/mol. The van der Waals surface area contributed by atoms with Gasteiger partial charge in [0.2, 0.25) is 0 Å². The first kappa shape index (κ1) is 7.60. The van der Waals surface area contributed by atoms with Crippen molar-refractivity contribution in [2.24, 2.45) is 5.92 Å². The zero-order valence-corrected chi connectivity index (χ0v) is 7.18. The number of rotatable bonds is 0. The van der Waals surface area contributed by atoms with Crippen molar-refractivity contribution >= 4 is 0 Å². The Labute approximate surface area is 69.6 Å². The van der Waals surface area contributed by atoms with E-state index in [0.717, 1.165) is 18.5 Å². The smallest absolute Gasteiger partial charge is 0.00671 e. The normalized spacial score (nSPS) is 39.3. The molecule has 1 saturated carbocycles. The highest BCUT2D eigenvalue weighted by Crippen LogP contribution is 2.26. The zero-order chi connectivity index (χ0) is 7.52. The molecule has 0 aromatic carbocycles. The minimum absolute atomic E-state index is 0.840. The summed E-state index contributed by atoms with van der Waals surface area (Å²) in [6, 6.07) is 0.840. The molecular weight excluding hydrogens is 134 g/mol. The molecule has 3 fully saturated rings. The van der Waals surface area contributed by atoms with Crippen LogP contribution in [-0.2, 0) is 0 Å². The standard InChI is InChI=1S/C10H18N/c1-3-9-4-2-6-10(5-1)11-8-7-9/h7,9-11H,1-6,8H2. The van der Waals surface area contributed by atoms with Gasteiger partial charge < -0.3 is 5.32 Å². The van der Waals surface area contributed by atoms with Gasteiger partial charge >= 0.3 is 0 Å². The molecule has 3 rings (SSSR count). The molecule has 63 valence electrons. The average Bonchev–Trinajstić information content (AvgIpc) is 1.80. The minimum atomic E-state index is 0.840. The summed E-state index contributed by atoms with van der Waals surface area (Å²) in [4.78, 5) is 0. The van der Waals surface area contributed by atoms with E-state index in [0.29, 0.717) is 0 Å². The van der Waals surface area contributed by atoms with E-state index in [1.165, 1.54) is 38.5 Å². The molecule has 2 aliphatic heterocycles. The van der Waals surface area contributed by atoms with Crippen LogP contribution < -0.4 is 5.32 Å². The molecule has 1 nitrogen and oxygen atoms in total. The second-order valence-electron chi connectivity index (χ2n) is 3.96. The Bertz CT molecular complexity index is 86.3. The molecule has 0 unspecified atom stereocenters. The molecule has 2 saturated heterocycles. The molecule has 1 aliphatic carbocycles. The summed E-state index contributed by atoms with van der Waals surface area (Å²) in [6.07, 6.45) is 11.1. The Morgan fingerprint density at radius 1 is 1.00 bits per heavy atom. The molecule has 0 spiro atoms. The van der Waals surface area contributed by atoms with Gasteiger partial charge in [-0.25, -0.2) is 0 Å². The predicted molar refractivity (Wildman–Crippen MR) is 47.3 cm³/mol. The Balaban J connectivity index is 1.96. The SMILES string of the molecule is [CH]1CNC2CCCC1CCC2. The molecule has 0 amide bonds. The third-order valence-corrected chi connectivity index (χ3v) is 3.11. The van der Waals surface area contributed by atoms with Crippen LogP contribution in [0, 0.1) is 12.3 Å². The first-order valence-electron chi connectivity index (χ1n) is 5.02. The highest BCUT2D eigenvalue weighted by atomic mass is 14.9. The van der Waals surface area contributed by atoms with Gasteiger partial charge in [-0.1, -0.05) is 25.7 Å². The van der Waals surface area contributed by atoms with Crippen LogP contribution in [0.5, 0.6) is 0 Å². The van der Waals surface area contributed by atoms with E-state index in [1.54, 1.807) is 0 Å². The largest absolute Gasteiger partial charge is 0.314 e. The van der Waals surface area contributed by atoms with E-state index in [2.05, 4.69) is 11.7 Å². The predicted octanol–water partition coefficient (Wildman–Crippen LogP) is 2.13. The van der Waals surface area contributed by atoms with Gasteiger partial charge in [0.05, 0.1) is 0 Å². The van der Waals surface area contributed by atoms with Crippen molar-refractivity contribution in [2.45, 2.75) is 44.6 Å². The van der Waals surface area contributed by atoms with Gasteiger partial charge in [0, 0.05) is 6.04 Å². The number of nitrogens with one attached hydrogen (secondary N) is 1. The van der Waals surface area contributed by atoms with Crippen LogP contribution in [0.3, 0.4) is 0 Å². The number of hydrogen-bond donors (Lipinski definition) is 1. The number of hydrogen-bond acceptors (Lipinski definition) is 1. The molecule has 1 radical (unpaired) electrons. The van der Waals surface area contributed by atoms with Crippen molar-refractivity contribution in [3.63, 3.8) is 0 Å². The summed E-state index contributed by atoms with van der Waals surface area (Å²) in [5.74, 6) is 0.934. The van der Waals surface area contributed by atoms with Crippen molar-refractivity contribution in [2.75, 3.05) is 6.54 Å². The summed E-state index contributed by atoms with van der Waals surface area (Å²) in [5, 5.41) is 3.60. The van der Waals surface area contributed by atoms with E-state index in [-0.39, 0.29) is 0 Å². The van der Waals surface area contributed by atoms with Crippen LogP contribution >= 0.6 is 0 Å². The lowest BCUT2D eigenvalue weighted by Crippen LogP contribution is -2.35. The van der Waals surface area contributed by atoms with Gasteiger partial charge in [-0.15, -0.1) is 0 Å². The van der Waals surface area contributed by atoms with E-state index < -0.39 is 0 Å². The van der Waals surface area contributed by atoms with Crippen LogP contribution in [-0.4, -0.2) is 12.6 Å². The van der Waals surface area contributed by atoms with Crippen molar-refractivity contribution in [1.29, 1.82) is 0 Å². The van der Waals surface area contributed by atoms with Crippen LogP contribution in [0.25, 0.3) is 0 Å². The van der Waals surface area contributed by atoms with E-state index in [1.807, 2.05) is 0 Å². The first-order valence-corrected chi connectivity index (χ1v) is 5.02. The van der Waals surface area contributed by atoms with Gasteiger partial charge in [0.1, 0.15) is 0 Å². The highest BCUT2D eigenvalue weighted by molar-refractivity contribution is 4.86. The van der Waals surface area contributed by atoms with Crippen molar-refractivity contribution in [1.82, 2.24) is 5.32 Å². The Morgan fingerprint density at radius 3 is 2.45 bits per heavy atom. The summed E-state index contributed by atoms with van der Waals surface area (Å²) < 4.78 is 0. The van der Waals surface area contributed by atoms with Crippen molar-refractivity contribution < 1.29 is 0 Å². The van der Waals surface area contributed by atoms with Crippen LogP contribution in [0.15, 0.2) is 0 Å². The van der Waals surface area contributed by atoms with E-state index in [9.17, 15) is 0 Å². The lowest BCUT2D eigenvalue weighted by Gasteiger charge is -2.29. The fraction of sp³-hybridized carbons (Fsp3) is 0.900. The topological polar surface area (TPSA) is 12.0 Å². The van der Waals surface area contributed by atoms with Gasteiger partial charge in [0.15, 0.2) is 0 Å². The summed E-state index contributed by atoms with van der Waals surface area (Å²) in [7, 11) is 0. The average molecular weight is 152 g/mol. The Hall–Kier alpha value is -0.0400. The lowest BCUT2D eigenvalue weighted by atomic mass is 9.85. The molecule has 0 aromatic heterocycles. The summed E-state index contributed by atoms with van der Waals surface area (Å²) >= 11 is 0. The maximum atomic E-state index is 3.60. The summed E-state index contributed by atoms with van der Waals surface area (Å²) in [6.45, 7) is 1.16. The van der Waals surface area contributed by atoms with Crippen molar-refractivity contribution in [3.05, 3.63) is 6.42 Å². The lowest BCUT2D eigenvalue weighted by molar-refractivity contribution is 0.319. The van der Waals surface area contributed by atoms with Crippen molar-refractivity contribution in [3.8, 4) is 0 Å². The maximum Gasteiger partial charge on any atom is 0.00671 e. The zero-order valence-electron chi connectivity index (χ0n) is 7.18. The third-order valence-electron chi connectivity index (χ3n) is 3.11. The molecule has 0 aromatic rings. The molecule has 2 heterocycles. The third kappa shape index (κ3) is 1.96. The van der Waals surface area contributed by atoms with Crippen LogP contribution in [0.2, 0.25) is 0 Å². The molecule has 11 heavy (non-hydrogen) atoms. The highest BCUT2D eigenvalue weighted by Gasteiger charge is 2.19. The second-order valence-corrected chi connectivity index (χ2v) is 3.96. The molecular formula is C10H18N. The molecule has 0 atom stereocenters. The Kier molecular flexibility index (Phi) is 2.47. The Morgan fingerprint density at radius 2 is 1.73 bits per heavy atom. The van der Waals surface area contributed by atoms with Crippen LogP contribution in [0.1, 0.15) is 38.5 Å². The fourth-order valence-corrected chi connectivity index (χ4v) is 2.38. The van der Waals surface area contributed by atoms with E-state index >= 15 is 0 Å². The second kappa shape index (κ2) is 3.57. The van der Waals surface area contributed by atoms with Gasteiger partial charge in [0.25, 0.3) is 0 Å².